The lowest BCUT2D eigenvalue weighted by Crippen LogP contribution is -2.19. The van der Waals surface area contributed by atoms with Crippen molar-refractivity contribution in [2.75, 3.05) is 0 Å². The minimum atomic E-state index is 0.285. The predicted octanol–water partition coefficient (Wildman–Crippen LogP) is 1.77. The first kappa shape index (κ1) is 13.0. The lowest BCUT2D eigenvalue weighted by molar-refractivity contribution is 0.341. The normalized spacial score (nSPS) is 28.7. The largest absolute Gasteiger partial charge is 0.339 e. The van der Waals surface area contributed by atoms with E-state index in [1.807, 2.05) is 24.4 Å². The predicted molar refractivity (Wildman–Crippen MR) is 81.6 cm³/mol. The summed E-state index contributed by atoms with van der Waals surface area (Å²) in [5.41, 5.74) is 7.00. The summed E-state index contributed by atoms with van der Waals surface area (Å²) in [4.78, 5) is 8.92. The number of fused-ring (bicyclic) bond motifs is 1. The fraction of sp³-hybridized carbons (Fsp3) is 0.375. The molecule has 3 aromatic rings. The van der Waals surface area contributed by atoms with Crippen LogP contribution in [-0.4, -0.2) is 30.9 Å². The molecule has 116 valence electrons. The molecular formula is C16H16N6O. The Labute approximate surface area is 132 Å². The van der Waals surface area contributed by atoms with E-state index in [0.29, 0.717) is 23.6 Å². The van der Waals surface area contributed by atoms with Crippen molar-refractivity contribution < 1.29 is 4.52 Å². The van der Waals surface area contributed by atoms with Crippen molar-refractivity contribution in [3.05, 3.63) is 42.7 Å². The maximum absolute atomic E-state index is 6.13. The molecule has 2 aliphatic rings. The van der Waals surface area contributed by atoms with Gasteiger partial charge in [0.1, 0.15) is 0 Å². The summed E-state index contributed by atoms with van der Waals surface area (Å²) >= 11 is 0. The Morgan fingerprint density at radius 1 is 1.22 bits per heavy atom. The van der Waals surface area contributed by atoms with Gasteiger partial charge in [0.2, 0.25) is 11.7 Å². The lowest BCUT2D eigenvalue weighted by atomic mass is 10.0. The van der Waals surface area contributed by atoms with E-state index in [9.17, 15) is 0 Å². The summed E-state index contributed by atoms with van der Waals surface area (Å²) in [5.74, 6) is 3.65. The number of aromatic nitrogens is 5. The van der Waals surface area contributed by atoms with Gasteiger partial charge >= 0.3 is 0 Å². The Hall–Kier alpha value is -2.54. The molecule has 5 rings (SSSR count). The first-order valence-corrected chi connectivity index (χ1v) is 7.85. The van der Waals surface area contributed by atoms with Crippen LogP contribution in [0.4, 0.5) is 0 Å². The molecule has 0 unspecified atom stereocenters. The van der Waals surface area contributed by atoms with Gasteiger partial charge in [0.25, 0.3) is 0 Å². The van der Waals surface area contributed by atoms with Gasteiger partial charge in [-0.3, -0.25) is 0 Å². The van der Waals surface area contributed by atoms with E-state index in [0.717, 1.165) is 23.7 Å². The SMILES string of the molecule is N[C@@H]1C[C@H](c2nc(-c3ccnc(-n4cccn4)c3)no2)[C@H]2C[C@H]21. The molecule has 0 amide bonds. The number of nitrogens with zero attached hydrogens (tertiary/aromatic N) is 5. The second-order valence-electron chi connectivity index (χ2n) is 6.38. The van der Waals surface area contributed by atoms with Crippen molar-refractivity contribution in [1.82, 2.24) is 24.9 Å². The quantitative estimate of drug-likeness (QED) is 0.792. The summed E-state index contributed by atoms with van der Waals surface area (Å²) in [6.45, 7) is 0. The third-order valence-electron chi connectivity index (χ3n) is 4.99. The van der Waals surface area contributed by atoms with Gasteiger partial charge in [-0.05, 0) is 42.9 Å². The summed E-state index contributed by atoms with van der Waals surface area (Å²) in [5, 5.41) is 8.34. The minimum absolute atomic E-state index is 0.285. The number of hydrogen-bond donors (Lipinski definition) is 1. The Balaban J connectivity index is 1.46. The van der Waals surface area contributed by atoms with E-state index >= 15 is 0 Å². The molecule has 2 saturated carbocycles. The molecule has 2 aliphatic carbocycles. The molecule has 2 N–H and O–H groups in total. The van der Waals surface area contributed by atoms with E-state index in [4.69, 9.17) is 10.3 Å². The second kappa shape index (κ2) is 4.73. The maximum atomic E-state index is 6.13. The summed E-state index contributed by atoms with van der Waals surface area (Å²) < 4.78 is 7.22. The van der Waals surface area contributed by atoms with Gasteiger partial charge in [-0.25, -0.2) is 9.67 Å². The van der Waals surface area contributed by atoms with Crippen molar-refractivity contribution in [3.8, 4) is 17.2 Å². The Morgan fingerprint density at radius 2 is 2.17 bits per heavy atom. The first-order valence-electron chi connectivity index (χ1n) is 7.85. The van der Waals surface area contributed by atoms with Crippen LogP contribution in [0.3, 0.4) is 0 Å². The third kappa shape index (κ3) is 2.08. The zero-order valence-corrected chi connectivity index (χ0v) is 12.4. The molecule has 4 atom stereocenters. The molecular weight excluding hydrogens is 292 g/mol. The van der Waals surface area contributed by atoms with E-state index in [2.05, 4.69) is 20.2 Å². The number of pyridine rings is 1. The van der Waals surface area contributed by atoms with Gasteiger partial charge in [-0.15, -0.1) is 0 Å². The van der Waals surface area contributed by atoms with Crippen molar-refractivity contribution in [2.24, 2.45) is 17.6 Å². The topological polar surface area (TPSA) is 95.7 Å². The fourth-order valence-electron chi connectivity index (χ4n) is 3.71. The van der Waals surface area contributed by atoms with Crippen molar-refractivity contribution in [1.29, 1.82) is 0 Å². The molecule has 3 aromatic heterocycles. The molecule has 0 aromatic carbocycles. The fourth-order valence-corrected chi connectivity index (χ4v) is 3.71. The van der Waals surface area contributed by atoms with Crippen LogP contribution in [0.2, 0.25) is 0 Å². The van der Waals surface area contributed by atoms with Gasteiger partial charge < -0.3 is 10.3 Å². The third-order valence-corrected chi connectivity index (χ3v) is 4.99. The average Bonchev–Trinajstić information content (AvgIpc) is 2.98. The molecule has 3 heterocycles. The average molecular weight is 308 g/mol. The molecule has 0 saturated heterocycles. The Kier molecular flexibility index (Phi) is 2.66. The molecule has 7 heteroatoms. The van der Waals surface area contributed by atoms with E-state index in [1.165, 1.54) is 6.42 Å². The molecule has 7 nitrogen and oxygen atoms in total. The van der Waals surface area contributed by atoms with Crippen LogP contribution in [0, 0.1) is 11.8 Å². The standard InChI is InChI=1S/C16H16N6O/c17-13-8-12(10-7-11(10)13)16-20-15(21-23-16)9-2-4-18-14(6-9)22-5-1-3-19-22/h1-6,10-13H,7-8,17H2/t10-,11+,12-,13+/m0/s1. The van der Waals surface area contributed by atoms with E-state index in [1.54, 1.807) is 17.1 Å². The van der Waals surface area contributed by atoms with Gasteiger partial charge in [-0.1, -0.05) is 5.16 Å². The zero-order valence-electron chi connectivity index (χ0n) is 12.4. The highest BCUT2D eigenvalue weighted by Gasteiger charge is 2.55. The molecule has 0 aliphatic heterocycles. The van der Waals surface area contributed by atoms with Crippen LogP contribution in [0.1, 0.15) is 24.7 Å². The number of hydrogen-bond acceptors (Lipinski definition) is 6. The molecule has 2 fully saturated rings. The van der Waals surface area contributed by atoms with Crippen LogP contribution >= 0.6 is 0 Å². The summed E-state index contributed by atoms with van der Waals surface area (Å²) in [7, 11) is 0. The molecule has 0 bridgehead atoms. The first-order chi connectivity index (χ1) is 11.3. The summed E-state index contributed by atoms with van der Waals surface area (Å²) in [6, 6.07) is 5.92. The highest BCUT2D eigenvalue weighted by molar-refractivity contribution is 5.56. The van der Waals surface area contributed by atoms with Crippen molar-refractivity contribution in [2.45, 2.75) is 24.8 Å². The highest BCUT2D eigenvalue weighted by atomic mass is 16.5. The molecule has 0 radical (unpaired) electrons. The van der Waals surface area contributed by atoms with Crippen molar-refractivity contribution in [3.63, 3.8) is 0 Å². The van der Waals surface area contributed by atoms with Crippen LogP contribution in [0.5, 0.6) is 0 Å². The lowest BCUT2D eigenvalue weighted by Gasteiger charge is -2.07. The summed E-state index contributed by atoms with van der Waals surface area (Å²) in [6.07, 6.45) is 7.44. The van der Waals surface area contributed by atoms with E-state index < -0.39 is 0 Å². The highest BCUT2D eigenvalue weighted by Crippen LogP contribution is 2.58. The number of nitrogens with two attached hydrogens (primary N) is 1. The monoisotopic (exact) mass is 308 g/mol. The minimum Gasteiger partial charge on any atom is -0.339 e. The van der Waals surface area contributed by atoms with Crippen LogP contribution in [-0.2, 0) is 0 Å². The number of rotatable bonds is 3. The maximum Gasteiger partial charge on any atom is 0.230 e. The van der Waals surface area contributed by atoms with Gasteiger partial charge in [0, 0.05) is 36.1 Å². The molecule has 0 spiro atoms. The smallest absolute Gasteiger partial charge is 0.230 e. The van der Waals surface area contributed by atoms with Crippen LogP contribution in [0.15, 0.2) is 41.3 Å². The van der Waals surface area contributed by atoms with Gasteiger partial charge in [0.15, 0.2) is 5.82 Å². The van der Waals surface area contributed by atoms with Crippen molar-refractivity contribution >= 4 is 0 Å². The van der Waals surface area contributed by atoms with Crippen LogP contribution in [0.25, 0.3) is 17.2 Å². The van der Waals surface area contributed by atoms with E-state index in [-0.39, 0.29) is 6.04 Å². The second-order valence-corrected chi connectivity index (χ2v) is 6.38. The molecule has 23 heavy (non-hydrogen) atoms. The zero-order chi connectivity index (χ0) is 15.4. The van der Waals surface area contributed by atoms with Gasteiger partial charge in [0.05, 0.1) is 0 Å². The van der Waals surface area contributed by atoms with Crippen LogP contribution < -0.4 is 5.73 Å². The Bertz CT molecular complexity index is 842. The van der Waals surface area contributed by atoms with Gasteiger partial charge in [-0.2, -0.15) is 10.1 Å². The Morgan fingerprint density at radius 3 is 2.91 bits per heavy atom.